The van der Waals surface area contributed by atoms with Crippen molar-refractivity contribution in [3.05, 3.63) is 23.8 Å². The summed E-state index contributed by atoms with van der Waals surface area (Å²) in [7, 11) is 0. The van der Waals surface area contributed by atoms with E-state index in [1.54, 1.807) is 23.1 Å². The molecular weight excluding hydrogens is 320 g/mol. The van der Waals surface area contributed by atoms with Crippen LogP contribution in [0.1, 0.15) is 44.0 Å². The number of aromatic amines is 1. The third kappa shape index (κ3) is 4.26. The molecule has 3 rings (SSSR count). The number of likely N-dealkylation sites (tertiary alicyclic amines) is 1. The Morgan fingerprint density at radius 2 is 1.84 bits per heavy atom. The van der Waals surface area contributed by atoms with Crippen molar-refractivity contribution in [2.45, 2.75) is 45.2 Å². The first-order chi connectivity index (χ1) is 11.8. The third-order valence-corrected chi connectivity index (χ3v) is 4.18. The third-order valence-electron chi connectivity index (χ3n) is 4.18. The van der Waals surface area contributed by atoms with Gasteiger partial charge in [-0.05, 0) is 51.8 Å². The normalized spacial score (nSPS) is 16.0. The first-order valence-corrected chi connectivity index (χ1v) is 8.50. The standard InChI is InChI=1S/C17H24N6O2/c1-17(2,3)19-16(25)23-8-6-12(7-9-23)18-15(24)11-4-5-13-14(10-11)21-22-20-13/h4-5,10,12H,6-9H2,1-3H3,(H,18,24)(H,19,25)(H,20,21,22). The van der Waals surface area contributed by atoms with Crippen LogP contribution in [0, 0.1) is 0 Å². The smallest absolute Gasteiger partial charge is 0.317 e. The summed E-state index contributed by atoms with van der Waals surface area (Å²) in [6.07, 6.45) is 1.49. The summed E-state index contributed by atoms with van der Waals surface area (Å²) in [5, 5.41) is 16.5. The molecule has 0 radical (unpaired) electrons. The van der Waals surface area contributed by atoms with Gasteiger partial charge in [0, 0.05) is 30.2 Å². The van der Waals surface area contributed by atoms with Crippen molar-refractivity contribution in [2.24, 2.45) is 0 Å². The van der Waals surface area contributed by atoms with E-state index in [4.69, 9.17) is 0 Å². The van der Waals surface area contributed by atoms with Gasteiger partial charge in [0.1, 0.15) is 11.0 Å². The number of carbonyl (C=O) groups excluding carboxylic acids is 2. The van der Waals surface area contributed by atoms with Gasteiger partial charge in [-0.15, -0.1) is 0 Å². The molecule has 1 saturated heterocycles. The molecule has 1 aliphatic heterocycles. The Labute approximate surface area is 146 Å². The van der Waals surface area contributed by atoms with Gasteiger partial charge in [0.05, 0.1) is 0 Å². The Morgan fingerprint density at radius 1 is 1.16 bits per heavy atom. The van der Waals surface area contributed by atoms with E-state index in [0.717, 1.165) is 18.4 Å². The van der Waals surface area contributed by atoms with Gasteiger partial charge in [0.25, 0.3) is 5.91 Å². The number of piperidine rings is 1. The highest BCUT2D eigenvalue weighted by Gasteiger charge is 2.26. The van der Waals surface area contributed by atoms with E-state index in [2.05, 4.69) is 26.0 Å². The van der Waals surface area contributed by atoms with Crippen molar-refractivity contribution in [3.8, 4) is 0 Å². The van der Waals surface area contributed by atoms with Crippen LogP contribution >= 0.6 is 0 Å². The molecule has 1 aliphatic rings. The SMILES string of the molecule is CC(C)(C)NC(=O)N1CCC(NC(=O)c2ccc3n[nH]nc3c2)CC1. The van der Waals surface area contributed by atoms with E-state index in [9.17, 15) is 9.59 Å². The predicted octanol–water partition coefficient (Wildman–Crippen LogP) is 1.66. The fraction of sp³-hybridized carbons (Fsp3) is 0.529. The molecule has 134 valence electrons. The van der Waals surface area contributed by atoms with E-state index in [0.29, 0.717) is 24.2 Å². The number of aromatic nitrogens is 3. The molecular formula is C17H24N6O2. The van der Waals surface area contributed by atoms with Crippen LogP contribution in [0.4, 0.5) is 4.79 Å². The molecule has 0 bridgehead atoms. The summed E-state index contributed by atoms with van der Waals surface area (Å²) < 4.78 is 0. The molecule has 2 aromatic rings. The molecule has 1 fully saturated rings. The number of urea groups is 1. The van der Waals surface area contributed by atoms with Crippen molar-refractivity contribution in [3.63, 3.8) is 0 Å². The average molecular weight is 344 g/mol. The molecule has 2 heterocycles. The van der Waals surface area contributed by atoms with Crippen LogP contribution in [0.2, 0.25) is 0 Å². The average Bonchev–Trinajstić information content (AvgIpc) is 3.01. The number of hydrogen-bond acceptors (Lipinski definition) is 4. The van der Waals surface area contributed by atoms with Gasteiger partial charge >= 0.3 is 6.03 Å². The monoisotopic (exact) mass is 344 g/mol. The van der Waals surface area contributed by atoms with Crippen LogP contribution in [-0.4, -0.2) is 56.9 Å². The van der Waals surface area contributed by atoms with E-state index >= 15 is 0 Å². The van der Waals surface area contributed by atoms with Gasteiger partial charge in [0.15, 0.2) is 0 Å². The Kier molecular flexibility index (Phi) is 4.61. The summed E-state index contributed by atoms with van der Waals surface area (Å²) in [5.41, 5.74) is 1.72. The topological polar surface area (TPSA) is 103 Å². The lowest BCUT2D eigenvalue weighted by molar-refractivity contribution is 0.0917. The maximum atomic E-state index is 12.4. The molecule has 8 nitrogen and oxygen atoms in total. The molecule has 3 amide bonds. The second-order valence-electron chi connectivity index (χ2n) is 7.44. The number of carbonyl (C=O) groups is 2. The van der Waals surface area contributed by atoms with Gasteiger partial charge in [-0.1, -0.05) is 0 Å². The number of nitrogens with zero attached hydrogens (tertiary/aromatic N) is 3. The first-order valence-electron chi connectivity index (χ1n) is 8.50. The van der Waals surface area contributed by atoms with Crippen molar-refractivity contribution >= 4 is 23.0 Å². The minimum Gasteiger partial charge on any atom is -0.349 e. The van der Waals surface area contributed by atoms with Crippen molar-refractivity contribution in [1.29, 1.82) is 0 Å². The minimum atomic E-state index is -0.248. The zero-order chi connectivity index (χ0) is 18.0. The maximum absolute atomic E-state index is 12.4. The van der Waals surface area contributed by atoms with Crippen LogP contribution in [0.15, 0.2) is 18.2 Å². The Balaban J connectivity index is 1.53. The summed E-state index contributed by atoms with van der Waals surface area (Å²) in [6, 6.07) is 5.26. The van der Waals surface area contributed by atoms with E-state index < -0.39 is 0 Å². The van der Waals surface area contributed by atoms with Crippen LogP contribution in [0.3, 0.4) is 0 Å². The maximum Gasteiger partial charge on any atom is 0.317 e. The highest BCUT2D eigenvalue weighted by atomic mass is 16.2. The zero-order valence-corrected chi connectivity index (χ0v) is 14.8. The fourth-order valence-electron chi connectivity index (χ4n) is 2.88. The summed E-state index contributed by atoms with van der Waals surface area (Å²) >= 11 is 0. The van der Waals surface area contributed by atoms with Crippen molar-refractivity contribution in [2.75, 3.05) is 13.1 Å². The van der Waals surface area contributed by atoms with Crippen LogP contribution in [-0.2, 0) is 0 Å². The molecule has 0 saturated carbocycles. The fourth-order valence-corrected chi connectivity index (χ4v) is 2.88. The minimum absolute atomic E-state index is 0.0474. The molecule has 0 spiro atoms. The number of nitrogens with one attached hydrogen (secondary N) is 3. The van der Waals surface area contributed by atoms with Crippen LogP contribution < -0.4 is 10.6 Å². The first kappa shape index (κ1) is 17.2. The number of H-pyrrole nitrogens is 1. The lowest BCUT2D eigenvalue weighted by atomic mass is 10.0. The summed E-state index contributed by atoms with van der Waals surface area (Å²) in [6.45, 7) is 7.15. The summed E-state index contributed by atoms with van der Waals surface area (Å²) in [5.74, 6) is -0.123. The number of rotatable bonds is 2. The highest BCUT2D eigenvalue weighted by Crippen LogP contribution is 2.14. The molecule has 0 unspecified atom stereocenters. The van der Waals surface area contributed by atoms with E-state index in [-0.39, 0.29) is 23.5 Å². The molecule has 1 aromatic carbocycles. The van der Waals surface area contributed by atoms with E-state index in [1.165, 1.54) is 0 Å². The number of benzene rings is 1. The Hall–Kier alpha value is -2.64. The number of amides is 3. The lowest BCUT2D eigenvalue weighted by Crippen LogP contribution is -2.53. The lowest BCUT2D eigenvalue weighted by Gasteiger charge is -2.34. The molecule has 3 N–H and O–H groups in total. The second kappa shape index (κ2) is 6.70. The zero-order valence-electron chi connectivity index (χ0n) is 14.8. The molecule has 0 aliphatic carbocycles. The molecule has 25 heavy (non-hydrogen) atoms. The molecule has 1 aromatic heterocycles. The number of hydrogen-bond donors (Lipinski definition) is 3. The second-order valence-corrected chi connectivity index (χ2v) is 7.44. The van der Waals surface area contributed by atoms with Gasteiger partial charge in [0.2, 0.25) is 0 Å². The van der Waals surface area contributed by atoms with Crippen LogP contribution in [0.25, 0.3) is 11.0 Å². The molecule has 0 atom stereocenters. The highest BCUT2D eigenvalue weighted by molar-refractivity contribution is 5.97. The Morgan fingerprint density at radius 3 is 2.52 bits per heavy atom. The predicted molar refractivity (Wildman–Crippen MR) is 94.2 cm³/mol. The van der Waals surface area contributed by atoms with Crippen molar-refractivity contribution in [1.82, 2.24) is 30.9 Å². The van der Waals surface area contributed by atoms with Gasteiger partial charge < -0.3 is 15.5 Å². The molecule has 8 heteroatoms. The Bertz CT molecular complexity index is 771. The number of fused-ring (bicyclic) bond motifs is 1. The largest absolute Gasteiger partial charge is 0.349 e. The van der Waals surface area contributed by atoms with Gasteiger partial charge in [-0.3, -0.25) is 4.79 Å². The van der Waals surface area contributed by atoms with Gasteiger partial charge in [-0.25, -0.2) is 4.79 Å². The summed E-state index contributed by atoms with van der Waals surface area (Å²) in [4.78, 5) is 26.4. The van der Waals surface area contributed by atoms with Crippen LogP contribution in [0.5, 0.6) is 0 Å². The quantitative estimate of drug-likeness (QED) is 0.771. The van der Waals surface area contributed by atoms with Crippen molar-refractivity contribution < 1.29 is 9.59 Å². The van der Waals surface area contributed by atoms with Gasteiger partial charge in [-0.2, -0.15) is 15.4 Å². The van der Waals surface area contributed by atoms with E-state index in [1.807, 2.05) is 20.8 Å².